The second-order valence-electron chi connectivity index (χ2n) is 6.05. The number of carbonyl (C=O) groups excluding carboxylic acids is 2. The molecule has 0 fully saturated rings. The number of hydrogen-bond donors (Lipinski definition) is 4. The number of nitrogens with one attached hydrogen (secondary N) is 3. The molecule has 8 nitrogen and oxygen atoms in total. The second kappa shape index (κ2) is 11.1. The Hall–Kier alpha value is -1.68. The molecule has 0 saturated carbocycles. The minimum Gasteiger partial charge on any atom is -0.353 e. The molecule has 0 bridgehead atoms. The number of hydrogen-bond acceptors (Lipinski definition) is 5. The van der Waals surface area contributed by atoms with Gasteiger partial charge in [-0.05, 0) is 25.0 Å². The molecule has 0 aliphatic rings. The molecule has 0 aromatic heterocycles. The van der Waals surface area contributed by atoms with E-state index in [4.69, 9.17) is 5.73 Å². The van der Waals surface area contributed by atoms with E-state index in [1.165, 1.54) is 12.1 Å². The van der Waals surface area contributed by atoms with E-state index in [-0.39, 0.29) is 42.9 Å². The standard InChI is InChI=1S/C16H26N4O4S.ClH/c1-11(2)15(17)16(22)19-10-14(21)18-8-9-20-25(23,24)13-6-4-12(3)5-7-13;/h4-7,11,15,20H,8-10,17H2,1-3H3,(H,18,21)(H,19,22);1H/t15-;/m0./s1. The molecule has 1 aromatic carbocycles. The first kappa shape index (κ1) is 24.3. The first-order valence-corrected chi connectivity index (χ1v) is 9.48. The molecule has 1 atom stereocenters. The fourth-order valence-electron chi connectivity index (χ4n) is 1.84. The monoisotopic (exact) mass is 406 g/mol. The van der Waals surface area contributed by atoms with Gasteiger partial charge in [0.25, 0.3) is 0 Å². The molecule has 0 unspecified atom stereocenters. The largest absolute Gasteiger partial charge is 0.353 e. The van der Waals surface area contributed by atoms with Gasteiger partial charge in [0.15, 0.2) is 0 Å². The topological polar surface area (TPSA) is 130 Å². The normalized spacial score (nSPS) is 12.2. The molecule has 1 aromatic rings. The summed E-state index contributed by atoms with van der Waals surface area (Å²) in [4.78, 5) is 23.4. The van der Waals surface area contributed by atoms with E-state index in [2.05, 4.69) is 15.4 Å². The smallest absolute Gasteiger partial charge is 0.240 e. The molecule has 148 valence electrons. The Bertz CT molecular complexity index is 693. The maximum Gasteiger partial charge on any atom is 0.240 e. The number of benzene rings is 1. The summed E-state index contributed by atoms with van der Waals surface area (Å²) < 4.78 is 26.5. The van der Waals surface area contributed by atoms with Crippen LogP contribution in [-0.2, 0) is 19.6 Å². The lowest BCUT2D eigenvalue weighted by molar-refractivity contribution is -0.127. The number of rotatable bonds is 9. The van der Waals surface area contributed by atoms with Crippen LogP contribution in [0.5, 0.6) is 0 Å². The summed E-state index contributed by atoms with van der Waals surface area (Å²) in [5.74, 6) is -0.844. The highest BCUT2D eigenvalue weighted by Crippen LogP contribution is 2.09. The Morgan fingerprint density at radius 2 is 1.65 bits per heavy atom. The van der Waals surface area contributed by atoms with Crippen LogP contribution in [0.1, 0.15) is 19.4 Å². The second-order valence-corrected chi connectivity index (χ2v) is 7.82. The van der Waals surface area contributed by atoms with Crippen LogP contribution in [-0.4, -0.2) is 45.9 Å². The van der Waals surface area contributed by atoms with Gasteiger partial charge in [0, 0.05) is 13.1 Å². The predicted molar refractivity (Wildman–Crippen MR) is 102 cm³/mol. The Labute approximate surface area is 160 Å². The molecule has 0 heterocycles. The fraction of sp³-hybridized carbons (Fsp3) is 0.500. The van der Waals surface area contributed by atoms with Gasteiger partial charge in [-0.25, -0.2) is 13.1 Å². The van der Waals surface area contributed by atoms with Crippen molar-refractivity contribution in [2.45, 2.75) is 31.7 Å². The van der Waals surface area contributed by atoms with E-state index in [1.807, 2.05) is 20.8 Å². The van der Waals surface area contributed by atoms with Crippen LogP contribution in [0.3, 0.4) is 0 Å². The summed E-state index contributed by atoms with van der Waals surface area (Å²) in [5.41, 5.74) is 6.62. The van der Waals surface area contributed by atoms with Crippen LogP contribution >= 0.6 is 12.4 Å². The molecule has 26 heavy (non-hydrogen) atoms. The van der Waals surface area contributed by atoms with Gasteiger partial charge in [0.05, 0.1) is 17.5 Å². The SMILES string of the molecule is Cc1ccc(S(=O)(=O)NCCNC(=O)CNC(=O)[C@@H](N)C(C)C)cc1.Cl. The van der Waals surface area contributed by atoms with E-state index in [9.17, 15) is 18.0 Å². The first-order valence-electron chi connectivity index (χ1n) is 8.00. The van der Waals surface area contributed by atoms with Crippen molar-refractivity contribution in [3.8, 4) is 0 Å². The van der Waals surface area contributed by atoms with Gasteiger partial charge < -0.3 is 16.4 Å². The number of amides is 2. The molecular weight excluding hydrogens is 380 g/mol. The van der Waals surface area contributed by atoms with Gasteiger partial charge in [-0.15, -0.1) is 12.4 Å². The Morgan fingerprint density at radius 3 is 2.19 bits per heavy atom. The third kappa shape index (κ3) is 8.13. The predicted octanol–water partition coefficient (Wildman–Crippen LogP) is -0.0892. The summed E-state index contributed by atoms with van der Waals surface area (Å²) >= 11 is 0. The molecule has 5 N–H and O–H groups in total. The highest BCUT2D eigenvalue weighted by molar-refractivity contribution is 7.89. The van der Waals surface area contributed by atoms with Crippen LogP contribution in [0.25, 0.3) is 0 Å². The third-order valence-electron chi connectivity index (χ3n) is 3.51. The number of halogens is 1. The summed E-state index contributed by atoms with van der Waals surface area (Å²) in [5, 5.41) is 4.96. The lowest BCUT2D eigenvalue weighted by Gasteiger charge is -2.15. The van der Waals surface area contributed by atoms with Crippen molar-refractivity contribution in [3.63, 3.8) is 0 Å². The number of nitrogens with two attached hydrogens (primary N) is 1. The average Bonchev–Trinajstić information content (AvgIpc) is 2.56. The fourth-order valence-corrected chi connectivity index (χ4v) is 2.87. The highest BCUT2D eigenvalue weighted by atomic mass is 35.5. The molecular formula is C16H27ClN4O4S. The van der Waals surface area contributed by atoms with Gasteiger partial charge in [-0.3, -0.25) is 9.59 Å². The van der Waals surface area contributed by atoms with Gasteiger partial charge in [0.1, 0.15) is 0 Å². The molecule has 0 radical (unpaired) electrons. The summed E-state index contributed by atoms with van der Waals surface area (Å²) in [6, 6.07) is 5.78. The van der Waals surface area contributed by atoms with E-state index in [1.54, 1.807) is 12.1 Å². The van der Waals surface area contributed by atoms with Crippen LogP contribution < -0.4 is 21.1 Å². The van der Waals surface area contributed by atoms with E-state index < -0.39 is 27.9 Å². The maximum atomic E-state index is 12.0. The average molecular weight is 407 g/mol. The summed E-state index contributed by atoms with van der Waals surface area (Å²) in [6.07, 6.45) is 0. The first-order chi connectivity index (χ1) is 11.6. The molecule has 10 heteroatoms. The van der Waals surface area contributed by atoms with Crippen molar-refractivity contribution in [1.82, 2.24) is 15.4 Å². The van der Waals surface area contributed by atoms with Gasteiger partial charge in [-0.2, -0.15) is 0 Å². The quantitative estimate of drug-likeness (QED) is 0.426. The molecule has 0 saturated heterocycles. The van der Waals surface area contributed by atoms with E-state index >= 15 is 0 Å². The van der Waals surface area contributed by atoms with E-state index in [0.29, 0.717) is 0 Å². The van der Waals surface area contributed by atoms with Gasteiger partial charge in [0.2, 0.25) is 21.8 Å². The number of carbonyl (C=O) groups is 2. The lowest BCUT2D eigenvalue weighted by atomic mass is 10.1. The van der Waals surface area contributed by atoms with Crippen LogP contribution in [0.15, 0.2) is 29.2 Å². The van der Waals surface area contributed by atoms with Crippen molar-refractivity contribution in [3.05, 3.63) is 29.8 Å². The maximum absolute atomic E-state index is 12.0. The Balaban J connectivity index is 0.00000625. The molecule has 0 spiro atoms. The lowest BCUT2D eigenvalue weighted by Crippen LogP contribution is -2.47. The molecule has 0 aliphatic heterocycles. The highest BCUT2D eigenvalue weighted by Gasteiger charge is 2.17. The zero-order valence-corrected chi connectivity index (χ0v) is 16.7. The minimum absolute atomic E-state index is 0. The Kier molecular flexibility index (Phi) is 10.4. The summed E-state index contributed by atoms with van der Waals surface area (Å²) in [7, 11) is -3.61. The Morgan fingerprint density at radius 1 is 1.08 bits per heavy atom. The summed E-state index contributed by atoms with van der Waals surface area (Å²) in [6.45, 7) is 5.43. The van der Waals surface area contributed by atoms with Crippen molar-refractivity contribution < 1.29 is 18.0 Å². The van der Waals surface area contributed by atoms with Crippen molar-refractivity contribution in [2.24, 2.45) is 11.7 Å². The van der Waals surface area contributed by atoms with Crippen molar-refractivity contribution >= 4 is 34.2 Å². The molecule has 0 aliphatic carbocycles. The van der Waals surface area contributed by atoms with E-state index in [0.717, 1.165) is 5.56 Å². The van der Waals surface area contributed by atoms with Crippen LogP contribution in [0.4, 0.5) is 0 Å². The zero-order valence-electron chi connectivity index (χ0n) is 15.1. The number of aryl methyl sites for hydroxylation is 1. The zero-order chi connectivity index (χ0) is 19.0. The molecule has 2 amide bonds. The number of sulfonamides is 1. The van der Waals surface area contributed by atoms with Gasteiger partial charge >= 0.3 is 0 Å². The van der Waals surface area contributed by atoms with Crippen molar-refractivity contribution in [2.75, 3.05) is 19.6 Å². The molecule has 1 rings (SSSR count). The third-order valence-corrected chi connectivity index (χ3v) is 4.99. The van der Waals surface area contributed by atoms with Gasteiger partial charge in [-0.1, -0.05) is 31.5 Å². The minimum atomic E-state index is -3.61. The van der Waals surface area contributed by atoms with Crippen molar-refractivity contribution in [1.29, 1.82) is 0 Å². The van der Waals surface area contributed by atoms with Crippen LogP contribution in [0.2, 0.25) is 0 Å². The van der Waals surface area contributed by atoms with Crippen LogP contribution in [0, 0.1) is 12.8 Å².